The molecule has 0 unspecified atom stereocenters. The maximum atomic E-state index is 10.9. The third-order valence-electron chi connectivity index (χ3n) is 3.91. The summed E-state index contributed by atoms with van der Waals surface area (Å²) in [6.45, 7) is 3.51. The van der Waals surface area contributed by atoms with Crippen LogP contribution in [0.4, 0.5) is 0 Å². The van der Waals surface area contributed by atoms with Crippen molar-refractivity contribution in [3.63, 3.8) is 0 Å². The second-order valence-corrected chi connectivity index (χ2v) is 6.24. The molecule has 3 rings (SSSR count). The van der Waals surface area contributed by atoms with Gasteiger partial charge in [-0.3, -0.25) is 4.79 Å². The van der Waals surface area contributed by atoms with E-state index in [1.165, 1.54) is 6.08 Å². The van der Waals surface area contributed by atoms with Gasteiger partial charge in [-0.1, -0.05) is 24.3 Å². The van der Waals surface area contributed by atoms with Crippen LogP contribution in [0.3, 0.4) is 0 Å². The zero-order valence-corrected chi connectivity index (χ0v) is 13.6. The van der Waals surface area contributed by atoms with Crippen LogP contribution in [0.5, 0.6) is 0 Å². The van der Waals surface area contributed by atoms with Crippen LogP contribution < -0.4 is 5.73 Å². The van der Waals surface area contributed by atoms with E-state index < -0.39 is 11.5 Å². The van der Waals surface area contributed by atoms with E-state index in [1.54, 1.807) is 32.3 Å². The van der Waals surface area contributed by atoms with Gasteiger partial charge in [-0.2, -0.15) is 0 Å². The monoisotopic (exact) mass is 321 g/mol. The summed E-state index contributed by atoms with van der Waals surface area (Å²) in [5.74, 6) is -0.490. The number of pyridine rings is 1. The fourth-order valence-electron chi connectivity index (χ4n) is 2.56. The number of nitrogens with one attached hydrogen (secondary N) is 1. The summed E-state index contributed by atoms with van der Waals surface area (Å²) in [5, 5.41) is 11.0. The van der Waals surface area contributed by atoms with Crippen molar-refractivity contribution in [3.05, 3.63) is 59.9 Å². The number of primary amides is 1. The Hall–Kier alpha value is -2.92. The molecule has 0 spiro atoms. The summed E-state index contributed by atoms with van der Waals surface area (Å²) in [6, 6.07) is 9.75. The van der Waals surface area contributed by atoms with Gasteiger partial charge in [-0.15, -0.1) is 0 Å². The molecule has 0 aliphatic heterocycles. The first-order chi connectivity index (χ1) is 11.3. The van der Waals surface area contributed by atoms with E-state index in [9.17, 15) is 9.90 Å². The number of aromatic nitrogens is 2. The van der Waals surface area contributed by atoms with E-state index in [-0.39, 0.29) is 0 Å². The van der Waals surface area contributed by atoms with Crippen molar-refractivity contribution in [1.82, 2.24) is 9.97 Å². The van der Waals surface area contributed by atoms with Gasteiger partial charge >= 0.3 is 0 Å². The summed E-state index contributed by atoms with van der Waals surface area (Å²) < 4.78 is 0. The summed E-state index contributed by atoms with van der Waals surface area (Å²) in [6.07, 6.45) is 6.58. The number of carbonyl (C=O) groups is 1. The van der Waals surface area contributed by atoms with Gasteiger partial charge < -0.3 is 15.8 Å². The standard InChI is InChI=1S/C19H19N3O2/c1-19(2,24)15-6-3-12(4-7-15)14-9-16-13(5-8-17(20)23)10-21-18(16)22-11-14/h3-11,24H,1-2H3,(H2,20,23)(H,21,22)/b8-5+. The van der Waals surface area contributed by atoms with E-state index in [2.05, 4.69) is 9.97 Å². The number of hydrogen-bond donors (Lipinski definition) is 3. The number of H-pyrrole nitrogens is 1. The molecule has 3 aromatic rings. The van der Waals surface area contributed by atoms with Crippen LogP contribution >= 0.6 is 0 Å². The van der Waals surface area contributed by atoms with Gasteiger partial charge in [0.25, 0.3) is 0 Å². The number of aliphatic hydroxyl groups is 1. The van der Waals surface area contributed by atoms with Gasteiger partial charge in [0, 0.05) is 35.0 Å². The predicted octanol–water partition coefficient (Wildman–Crippen LogP) is 2.96. The number of benzene rings is 1. The molecule has 0 saturated carbocycles. The van der Waals surface area contributed by atoms with Crippen molar-refractivity contribution < 1.29 is 9.90 Å². The van der Waals surface area contributed by atoms with Gasteiger partial charge in [0.2, 0.25) is 5.91 Å². The Morgan fingerprint density at radius 3 is 2.58 bits per heavy atom. The molecule has 5 heteroatoms. The largest absolute Gasteiger partial charge is 0.386 e. The molecule has 2 aromatic heterocycles. The highest BCUT2D eigenvalue weighted by molar-refractivity contribution is 5.95. The third kappa shape index (κ3) is 3.21. The smallest absolute Gasteiger partial charge is 0.241 e. The van der Waals surface area contributed by atoms with Gasteiger partial charge in [-0.25, -0.2) is 4.98 Å². The topological polar surface area (TPSA) is 92.0 Å². The van der Waals surface area contributed by atoms with Crippen molar-refractivity contribution >= 4 is 23.0 Å². The molecule has 1 aromatic carbocycles. The Morgan fingerprint density at radius 2 is 1.96 bits per heavy atom. The molecule has 24 heavy (non-hydrogen) atoms. The van der Waals surface area contributed by atoms with Crippen molar-refractivity contribution in [2.45, 2.75) is 19.4 Å². The van der Waals surface area contributed by atoms with Crippen LogP contribution in [0.15, 0.2) is 48.8 Å². The number of aromatic amines is 1. The normalized spacial score (nSPS) is 12.1. The quantitative estimate of drug-likeness (QED) is 0.645. The zero-order chi connectivity index (χ0) is 17.3. The van der Waals surface area contributed by atoms with Crippen LogP contribution in [0.25, 0.3) is 28.2 Å². The summed E-state index contributed by atoms with van der Waals surface area (Å²) in [4.78, 5) is 18.4. The number of nitrogens with zero attached hydrogens (tertiary/aromatic N) is 1. The molecule has 122 valence electrons. The number of carbonyl (C=O) groups excluding carboxylic acids is 1. The molecule has 4 N–H and O–H groups in total. The van der Waals surface area contributed by atoms with Gasteiger partial charge in [0.05, 0.1) is 5.60 Å². The Kier molecular flexibility index (Phi) is 3.95. The van der Waals surface area contributed by atoms with E-state index in [0.717, 1.165) is 33.3 Å². The predicted molar refractivity (Wildman–Crippen MR) is 95.0 cm³/mol. The highest BCUT2D eigenvalue weighted by Gasteiger charge is 2.15. The van der Waals surface area contributed by atoms with Crippen LogP contribution in [0.1, 0.15) is 25.0 Å². The number of fused-ring (bicyclic) bond motifs is 1. The van der Waals surface area contributed by atoms with Crippen LogP contribution in [-0.4, -0.2) is 21.0 Å². The maximum absolute atomic E-state index is 10.9. The number of hydrogen-bond acceptors (Lipinski definition) is 3. The molecule has 1 amide bonds. The summed E-state index contributed by atoms with van der Waals surface area (Å²) in [7, 11) is 0. The molecule has 0 aliphatic carbocycles. The fourth-order valence-corrected chi connectivity index (χ4v) is 2.56. The molecule has 0 radical (unpaired) electrons. The summed E-state index contributed by atoms with van der Waals surface area (Å²) in [5.41, 5.74) is 8.70. The first-order valence-corrected chi connectivity index (χ1v) is 7.62. The highest BCUT2D eigenvalue weighted by Crippen LogP contribution is 2.27. The van der Waals surface area contributed by atoms with E-state index in [0.29, 0.717) is 0 Å². The minimum atomic E-state index is -0.867. The Balaban J connectivity index is 2.01. The lowest BCUT2D eigenvalue weighted by atomic mass is 9.96. The van der Waals surface area contributed by atoms with E-state index >= 15 is 0 Å². The van der Waals surface area contributed by atoms with Crippen molar-refractivity contribution in [2.24, 2.45) is 5.73 Å². The average Bonchev–Trinajstić information content (AvgIpc) is 2.94. The van der Waals surface area contributed by atoms with E-state index in [4.69, 9.17) is 5.73 Å². The van der Waals surface area contributed by atoms with E-state index in [1.807, 2.05) is 30.3 Å². The Labute approximate surface area is 139 Å². The molecule has 5 nitrogen and oxygen atoms in total. The lowest BCUT2D eigenvalue weighted by molar-refractivity contribution is -0.113. The van der Waals surface area contributed by atoms with Crippen LogP contribution in [0, 0.1) is 0 Å². The minimum absolute atomic E-state index is 0.490. The second kappa shape index (κ2) is 5.94. The molecule has 0 saturated heterocycles. The maximum Gasteiger partial charge on any atom is 0.241 e. The number of nitrogens with two attached hydrogens (primary N) is 1. The molecular formula is C19H19N3O2. The van der Waals surface area contributed by atoms with Crippen LogP contribution in [-0.2, 0) is 10.4 Å². The summed E-state index contributed by atoms with van der Waals surface area (Å²) >= 11 is 0. The molecular weight excluding hydrogens is 302 g/mol. The Morgan fingerprint density at radius 1 is 1.25 bits per heavy atom. The Bertz CT molecular complexity index is 916. The number of rotatable bonds is 4. The first-order valence-electron chi connectivity index (χ1n) is 7.62. The lowest BCUT2D eigenvalue weighted by Gasteiger charge is -2.17. The molecule has 0 atom stereocenters. The van der Waals surface area contributed by atoms with Crippen molar-refractivity contribution in [3.8, 4) is 11.1 Å². The third-order valence-corrected chi connectivity index (χ3v) is 3.91. The minimum Gasteiger partial charge on any atom is -0.386 e. The highest BCUT2D eigenvalue weighted by atomic mass is 16.3. The van der Waals surface area contributed by atoms with Crippen molar-refractivity contribution in [1.29, 1.82) is 0 Å². The molecule has 2 heterocycles. The van der Waals surface area contributed by atoms with Crippen LogP contribution in [0.2, 0.25) is 0 Å². The molecule has 0 fully saturated rings. The SMILES string of the molecule is CC(C)(O)c1ccc(-c2cnc3[nH]cc(/C=C/C(N)=O)c3c2)cc1. The second-order valence-electron chi connectivity index (χ2n) is 6.24. The van der Waals surface area contributed by atoms with Gasteiger partial charge in [0.1, 0.15) is 5.65 Å². The number of amides is 1. The van der Waals surface area contributed by atoms with Gasteiger partial charge in [-0.05, 0) is 37.1 Å². The zero-order valence-electron chi connectivity index (χ0n) is 13.6. The van der Waals surface area contributed by atoms with Crippen molar-refractivity contribution in [2.75, 3.05) is 0 Å². The van der Waals surface area contributed by atoms with Gasteiger partial charge in [0.15, 0.2) is 0 Å². The average molecular weight is 321 g/mol. The molecule has 0 bridgehead atoms. The fraction of sp³-hybridized carbons (Fsp3) is 0.158. The first kappa shape index (κ1) is 16.0. The molecule has 0 aliphatic rings. The lowest BCUT2D eigenvalue weighted by Crippen LogP contribution is -2.14.